The second-order valence-corrected chi connectivity index (χ2v) is 5.47. The molecule has 1 fully saturated rings. The van der Waals surface area contributed by atoms with Crippen molar-refractivity contribution >= 4 is 34.5 Å². The Kier molecular flexibility index (Phi) is 3.20. The molecule has 0 saturated carbocycles. The molecule has 6 nitrogen and oxygen atoms in total. The molecule has 4 N–H and O–H groups in total. The summed E-state index contributed by atoms with van der Waals surface area (Å²) >= 11 is 1.61. The van der Waals surface area contributed by atoms with Gasteiger partial charge in [0.25, 0.3) is 0 Å². The number of thioether (sulfide) groups is 1. The molecule has 0 bridgehead atoms. The molecule has 0 radical (unpaired) electrons. The number of hydrogen-bond donors (Lipinski definition) is 3. The van der Waals surface area contributed by atoms with Crippen molar-refractivity contribution in [3.05, 3.63) is 18.2 Å². The number of rotatable bonds is 4. The molecule has 2 heterocycles. The number of hydrogen-bond acceptors (Lipinski definition) is 4. The fourth-order valence-electron chi connectivity index (χ4n) is 2.05. The zero-order valence-corrected chi connectivity index (χ0v) is 11.2. The highest BCUT2D eigenvalue weighted by Gasteiger charge is 2.18. The summed E-state index contributed by atoms with van der Waals surface area (Å²) in [5.41, 5.74) is 8.31. The number of aromatic amines is 1. The van der Waals surface area contributed by atoms with E-state index in [1.807, 2.05) is 23.1 Å². The first kappa shape index (κ1) is 12.2. The first-order chi connectivity index (χ1) is 9.22. The van der Waals surface area contributed by atoms with Gasteiger partial charge in [-0.3, -0.25) is 0 Å². The van der Waals surface area contributed by atoms with Crippen LogP contribution < -0.4 is 11.1 Å². The fourth-order valence-corrected chi connectivity index (χ4v) is 2.90. The topological polar surface area (TPSA) is 87.0 Å². The van der Waals surface area contributed by atoms with E-state index in [1.54, 1.807) is 11.8 Å². The standard InChI is InChI=1S/C12H15N5OS/c13-8-1-2-9-10(7-8)16-11(15-9)19-6-5-17-4-3-14-12(17)18/h1-2,7H,3-6,13H2,(H,14,18)(H,15,16). The van der Waals surface area contributed by atoms with Crippen molar-refractivity contribution in [2.75, 3.05) is 31.1 Å². The first-order valence-electron chi connectivity index (χ1n) is 6.13. The average molecular weight is 277 g/mol. The molecular weight excluding hydrogens is 262 g/mol. The Hall–Kier alpha value is -1.89. The fraction of sp³-hybridized carbons (Fsp3) is 0.333. The van der Waals surface area contributed by atoms with Gasteiger partial charge in [0.15, 0.2) is 5.16 Å². The lowest BCUT2D eigenvalue weighted by Gasteiger charge is -2.12. The van der Waals surface area contributed by atoms with E-state index in [0.717, 1.165) is 47.3 Å². The summed E-state index contributed by atoms with van der Waals surface area (Å²) in [6.07, 6.45) is 0. The van der Waals surface area contributed by atoms with E-state index in [9.17, 15) is 4.79 Å². The first-order valence-corrected chi connectivity index (χ1v) is 7.12. The summed E-state index contributed by atoms with van der Waals surface area (Å²) in [4.78, 5) is 20.9. The van der Waals surface area contributed by atoms with Gasteiger partial charge in [-0.1, -0.05) is 11.8 Å². The number of anilines is 1. The summed E-state index contributed by atoms with van der Waals surface area (Å²) in [7, 11) is 0. The quantitative estimate of drug-likeness (QED) is 0.580. The smallest absolute Gasteiger partial charge is 0.317 e. The lowest BCUT2D eigenvalue weighted by atomic mass is 10.3. The van der Waals surface area contributed by atoms with E-state index in [4.69, 9.17) is 5.73 Å². The molecule has 1 aromatic carbocycles. The van der Waals surface area contributed by atoms with Gasteiger partial charge in [-0.05, 0) is 18.2 Å². The third kappa shape index (κ3) is 2.60. The van der Waals surface area contributed by atoms with Crippen molar-refractivity contribution in [2.45, 2.75) is 5.16 Å². The van der Waals surface area contributed by atoms with E-state index >= 15 is 0 Å². The number of nitrogens with zero attached hydrogens (tertiary/aromatic N) is 2. The van der Waals surface area contributed by atoms with E-state index in [0.29, 0.717) is 0 Å². The number of carbonyl (C=O) groups is 1. The molecule has 3 rings (SSSR count). The van der Waals surface area contributed by atoms with Crippen molar-refractivity contribution in [3.8, 4) is 0 Å². The Balaban J connectivity index is 1.60. The van der Waals surface area contributed by atoms with E-state index < -0.39 is 0 Å². The number of nitrogens with two attached hydrogens (primary N) is 1. The molecular formula is C12H15N5OS. The number of fused-ring (bicyclic) bond motifs is 1. The van der Waals surface area contributed by atoms with Crippen LogP contribution in [0.3, 0.4) is 0 Å². The number of carbonyl (C=O) groups excluding carboxylic acids is 1. The maximum absolute atomic E-state index is 11.4. The Bertz CT molecular complexity index is 611. The summed E-state index contributed by atoms with van der Waals surface area (Å²) in [5.74, 6) is 0.822. The second kappa shape index (κ2) is 5.00. The molecule has 7 heteroatoms. The SMILES string of the molecule is Nc1ccc2nc(SCCN3CCNC3=O)[nH]c2c1. The van der Waals surface area contributed by atoms with Crippen LogP contribution in [0.4, 0.5) is 10.5 Å². The van der Waals surface area contributed by atoms with Crippen LogP contribution in [0.5, 0.6) is 0 Å². The minimum absolute atomic E-state index is 0.0259. The summed E-state index contributed by atoms with van der Waals surface area (Å²) in [5, 5.41) is 3.65. The molecule has 0 atom stereocenters. The zero-order chi connectivity index (χ0) is 13.2. The molecule has 1 saturated heterocycles. The second-order valence-electron chi connectivity index (χ2n) is 4.39. The highest BCUT2D eigenvalue weighted by atomic mass is 32.2. The van der Waals surface area contributed by atoms with Gasteiger partial charge in [-0.15, -0.1) is 0 Å². The van der Waals surface area contributed by atoms with E-state index in [-0.39, 0.29) is 6.03 Å². The predicted molar refractivity (Wildman–Crippen MR) is 76.2 cm³/mol. The number of H-pyrrole nitrogens is 1. The number of aromatic nitrogens is 2. The molecule has 2 amide bonds. The summed E-state index contributed by atoms with van der Waals surface area (Å²) in [6.45, 7) is 2.26. The molecule has 1 aliphatic rings. The Morgan fingerprint density at radius 3 is 3.16 bits per heavy atom. The minimum Gasteiger partial charge on any atom is -0.399 e. The normalized spacial score (nSPS) is 15.2. The van der Waals surface area contributed by atoms with Gasteiger partial charge in [-0.2, -0.15) is 0 Å². The van der Waals surface area contributed by atoms with Gasteiger partial charge in [0, 0.05) is 31.1 Å². The predicted octanol–water partition coefficient (Wildman–Crippen LogP) is 1.26. The van der Waals surface area contributed by atoms with Crippen molar-refractivity contribution in [1.29, 1.82) is 0 Å². The molecule has 0 aliphatic carbocycles. The number of nitrogens with one attached hydrogen (secondary N) is 2. The molecule has 0 spiro atoms. The average Bonchev–Trinajstić information content (AvgIpc) is 2.95. The van der Waals surface area contributed by atoms with Crippen LogP contribution in [0.2, 0.25) is 0 Å². The molecule has 100 valence electrons. The van der Waals surface area contributed by atoms with Gasteiger partial charge in [-0.25, -0.2) is 9.78 Å². The van der Waals surface area contributed by atoms with Crippen LogP contribution in [0, 0.1) is 0 Å². The third-order valence-corrected chi connectivity index (χ3v) is 3.88. The van der Waals surface area contributed by atoms with Crippen LogP contribution >= 0.6 is 11.8 Å². The maximum atomic E-state index is 11.4. The number of benzene rings is 1. The van der Waals surface area contributed by atoms with Crippen molar-refractivity contribution < 1.29 is 4.79 Å². The Morgan fingerprint density at radius 1 is 1.47 bits per heavy atom. The van der Waals surface area contributed by atoms with Crippen LogP contribution in [-0.4, -0.2) is 46.3 Å². The lowest BCUT2D eigenvalue weighted by molar-refractivity contribution is 0.220. The van der Waals surface area contributed by atoms with Crippen molar-refractivity contribution in [2.24, 2.45) is 0 Å². The van der Waals surface area contributed by atoms with Gasteiger partial charge >= 0.3 is 6.03 Å². The Morgan fingerprint density at radius 2 is 2.37 bits per heavy atom. The summed E-state index contributed by atoms with van der Waals surface area (Å²) < 4.78 is 0. The zero-order valence-electron chi connectivity index (χ0n) is 10.3. The molecule has 19 heavy (non-hydrogen) atoms. The highest BCUT2D eigenvalue weighted by Crippen LogP contribution is 2.21. The molecule has 2 aromatic rings. The van der Waals surface area contributed by atoms with Crippen LogP contribution in [-0.2, 0) is 0 Å². The number of amides is 2. The number of nitrogen functional groups attached to an aromatic ring is 1. The van der Waals surface area contributed by atoms with Crippen LogP contribution in [0.15, 0.2) is 23.4 Å². The van der Waals surface area contributed by atoms with Gasteiger partial charge < -0.3 is 20.9 Å². The van der Waals surface area contributed by atoms with Crippen LogP contribution in [0.1, 0.15) is 0 Å². The Labute approximate surface area is 114 Å². The van der Waals surface area contributed by atoms with Gasteiger partial charge in [0.05, 0.1) is 11.0 Å². The van der Waals surface area contributed by atoms with E-state index in [2.05, 4.69) is 15.3 Å². The molecule has 1 aliphatic heterocycles. The van der Waals surface area contributed by atoms with Crippen molar-refractivity contribution in [3.63, 3.8) is 0 Å². The largest absolute Gasteiger partial charge is 0.399 e. The number of imidazole rings is 1. The van der Waals surface area contributed by atoms with Gasteiger partial charge in [0.2, 0.25) is 0 Å². The number of urea groups is 1. The molecule has 1 aromatic heterocycles. The minimum atomic E-state index is 0.0259. The third-order valence-electron chi connectivity index (χ3n) is 3.03. The van der Waals surface area contributed by atoms with Crippen molar-refractivity contribution in [1.82, 2.24) is 20.2 Å². The highest BCUT2D eigenvalue weighted by molar-refractivity contribution is 7.99. The van der Waals surface area contributed by atoms with Gasteiger partial charge in [0.1, 0.15) is 0 Å². The van der Waals surface area contributed by atoms with E-state index in [1.165, 1.54) is 0 Å². The lowest BCUT2D eigenvalue weighted by Crippen LogP contribution is -2.30. The van der Waals surface area contributed by atoms with Crippen LogP contribution in [0.25, 0.3) is 11.0 Å². The maximum Gasteiger partial charge on any atom is 0.317 e. The molecule has 0 unspecified atom stereocenters. The summed E-state index contributed by atoms with van der Waals surface area (Å²) in [6, 6.07) is 5.64. The monoisotopic (exact) mass is 277 g/mol.